The molecule has 0 spiro atoms. The maximum atomic E-state index is 12.1. The lowest BCUT2D eigenvalue weighted by Gasteiger charge is -2.09. The average molecular weight is 288 g/mol. The average Bonchev–Trinajstić information content (AvgIpc) is 3.11. The number of hydrogen-bond acceptors (Lipinski definition) is 5. The van der Waals surface area contributed by atoms with Gasteiger partial charge in [0.15, 0.2) is 5.13 Å². The minimum absolute atomic E-state index is 0.0813. The number of carbonyl (C=O) groups excluding carboxylic acids is 1. The smallest absolute Gasteiger partial charge is 0.271 e. The van der Waals surface area contributed by atoms with Crippen molar-refractivity contribution in [2.24, 2.45) is 0 Å². The van der Waals surface area contributed by atoms with Crippen LogP contribution in [0.4, 0.5) is 10.9 Å². The number of carbonyl (C=O) groups is 1. The highest BCUT2D eigenvalue weighted by molar-refractivity contribution is 7.14. The van der Waals surface area contributed by atoms with E-state index in [1.165, 1.54) is 24.2 Å². The molecule has 0 atom stereocenters. The van der Waals surface area contributed by atoms with Crippen molar-refractivity contribution in [1.82, 2.24) is 15.3 Å². The third-order valence-corrected chi connectivity index (χ3v) is 4.08. The molecule has 0 aromatic carbocycles. The van der Waals surface area contributed by atoms with Gasteiger partial charge < -0.3 is 10.6 Å². The predicted molar refractivity (Wildman–Crippen MR) is 79.4 cm³/mol. The first kappa shape index (κ1) is 13.1. The van der Waals surface area contributed by atoms with Gasteiger partial charge in [0.25, 0.3) is 5.91 Å². The Kier molecular flexibility index (Phi) is 3.92. The molecule has 1 aliphatic carbocycles. The Labute approximate surface area is 121 Å². The van der Waals surface area contributed by atoms with Gasteiger partial charge in [-0.25, -0.2) is 9.97 Å². The van der Waals surface area contributed by atoms with Crippen molar-refractivity contribution in [3.8, 4) is 0 Å². The molecule has 2 N–H and O–H groups in total. The molecule has 2 heterocycles. The first-order valence-corrected chi connectivity index (χ1v) is 7.64. The topological polar surface area (TPSA) is 66.9 Å². The molecular formula is C14H16N4OS. The first-order chi connectivity index (χ1) is 9.81. The molecule has 6 heteroatoms. The largest absolute Gasteiger partial charge is 0.348 e. The summed E-state index contributed by atoms with van der Waals surface area (Å²) < 4.78 is 0. The summed E-state index contributed by atoms with van der Waals surface area (Å²) in [6, 6.07) is 5.93. The van der Waals surface area contributed by atoms with Gasteiger partial charge in [0.1, 0.15) is 11.5 Å². The number of rotatable bonds is 4. The van der Waals surface area contributed by atoms with Crippen LogP contribution in [0.2, 0.25) is 0 Å². The van der Waals surface area contributed by atoms with Crippen molar-refractivity contribution in [2.75, 3.05) is 5.32 Å². The molecule has 1 fully saturated rings. The van der Waals surface area contributed by atoms with Crippen LogP contribution in [-0.2, 0) is 0 Å². The molecule has 5 nitrogen and oxygen atoms in total. The summed E-state index contributed by atoms with van der Waals surface area (Å²) in [6.45, 7) is 0. The highest BCUT2D eigenvalue weighted by atomic mass is 32.1. The van der Waals surface area contributed by atoms with Crippen molar-refractivity contribution >= 4 is 28.2 Å². The lowest BCUT2D eigenvalue weighted by molar-refractivity contribution is 0.0933. The van der Waals surface area contributed by atoms with Crippen LogP contribution in [0.25, 0.3) is 0 Å². The fraction of sp³-hybridized carbons (Fsp3) is 0.357. The maximum Gasteiger partial charge on any atom is 0.271 e. The lowest BCUT2D eigenvalue weighted by Crippen LogP contribution is -2.32. The van der Waals surface area contributed by atoms with E-state index >= 15 is 0 Å². The second-order valence-electron chi connectivity index (χ2n) is 4.83. The van der Waals surface area contributed by atoms with Gasteiger partial charge in [0, 0.05) is 17.6 Å². The molecule has 0 radical (unpaired) electrons. The van der Waals surface area contributed by atoms with Gasteiger partial charge in [-0.3, -0.25) is 4.79 Å². The summed E-state index contributed by atoms with van der Waals surface area (Å²) >= 11 is 1.41. The van der Waals surface area contributed by atoms with E-state index in [0.717, 1.165) is 18.7 Å². The summed E-state index contributed by atoms with van der Waals surface area (Å²) in [6.07, 6.45) is 6.27. The van der Waals surface area contributed by atoms with Crippen LogP contribution < -0.4 is 10.6 Å². The van der Waals surface area contributed by atoms with Crippen LogP contribution in [0, 0.1) is 0 Å². The number of pyridine rings is 1. The van der Waals surface area contributed by atoms with Crippen LogP contribution in [0.15, 0.2) is 29.8 Å². The lowest BCUT2D eigenvalue weighted by atomic mass is 10.2. The number of thiazole rings is 1. The predicted octanol–water partition coefficient (Wildman–Crippen LogP) is 2.95. The van der Waals surface area contributed by atoms with Crippen LogP contribution in [0.3, 0.4) is 0 Å². The summed E-state index contributed by atoms with van der Waals surface area (Å²) in [5.74, 6) is 0.645. The van der Waals surface area contributed by atoms with Gasteiger partial charge in [0.2, 0.25) is 0 Å². The molecule has 2 aromatic heterocycles. The minimum atomic E-state index is -0.0813. The van der Waals surface area contributed by atoms with E-state index in [1.807, 2.05) is 18.2 Å². The number of aromatic nitrogens is 2. The van der Waals surface area contributed by atoms with Crippen LogP contribution >= 0.6 is 11.3 Å². The molecule has 0 saturated heterocycles. The number of nitrogens with one attached hydrogen (secondary N) is 2. The molecule has 104 valence electrons. The van der Waals surface area contributed by atoms with Crippen molar-refractivity contribution in [3.63, 3.8) is 0 Å². The Bertz CT molecular complexity index is 578. The maximum absolute atomic E-state index is 12.1. The van der Waals surface area contributed by atoms with E-state index in [1.54, 1.807) is 11.6 Å². The van der Waals surface area contributed by atoms with E-state index in [9.17, 15) is 4.79 Å². The summed E-state index contributed by atoms with van der Waals surface area (Å²) in [5, 5.41) is 8.58. The Morgan fingerprint density at radius 2 is 2.15 bits per heavy atom. The van der Waals surface area contributed by atoms with E-state index < -0.39 is 0 Å². The normalized spacial score (nSPS) is 15.2. The van der Waals surface area contributed by atoms with Crippen LogP contribution in [0.5, 0.6) is 0 Å². The highest BCUT2D eigenvalue weighted by Gasteiger charge is 2.19. The molecule has 0 aliphatic heterocycles. The number of amides is 1. The molecule has 2 aromatic rings. The quantitative estimate of drug-likeness (QED) is 0.907. The zero-order valence-electron chi connectivity index (χ0n) is 11.0. The third kappa shape index (κ3) is 3.14. The Morgan fingerprint density at radius 1 is 1.30 bits per heavy atom. The molecule has 0 unspecified atom stereocenters. The molecule has 20 heavy (non-hydrogen) atoms. The van der Waals surface area contributed by atoms with Gasteiger partial charge in [-0.15, -0.1) is 11.3 Å². The number of nitrogens with zero attached hydrogens (tertiary/aromatic N) is 2. The third-order valence-electron chi connectivity index (χ3n) is 3.33. The fourth-order valence-electron chi connectivity index (χ4n) is 2.31. The second kappa shape index (κ2) is 6.00. The zero-order chi connectivity index (χ0) is 13.8. The molecule has 1 aliphatic rings. The second-order valence-corrected chi connectivity index (χ2v) is 5.69. The van der Waals surface area contributed by atoms with Crippen LogP contribution in [0.1, 0.15) is 36.2 Å². The van der Waals surface area contributed by atoms with Gasteiger partial charge in [-0.1, -0.05) is 18.9 Å². The van der Waals surface area contributed by atoms with E-state index in [4.69, 9.17) is 0 Å². The van der Waals surface area contributed by atoms with Crippen LogP contribution in [-0.4, -0.2) is 21.9 Å². The van der Waals surface area contributed by atoms with Crippen molar-refractivity contribution in [3.05, 3.63) is 35.5 Å². The first-order valence-electron chi connectivity index (χ1n) is 6.76. The van der Waals surface area contributed by atoms with Crippen molar-refractivity contribution in [2.45, 2.75) is 31.7 Å². The fourth-order valence-corrected chi connectivity index (χ4v) is 3.01. The molecule has 0 bridgehead atoms. The van der Waals surface area contributed by atoms with Crippen molar-refractivity contribution < 1.29 is 4.79 Å². The van der Waals surface area contributed by atoms with E-state index in [2.05, 4.69) is 20.6 Å². The summed E-state index contributed by atoms with van der Waals surface area (Å²) in [5.41, 5.74) is 0.473. The molecular weight excluding hydrogens is 272 g/mol. The zero-order valence-corrected chi connectivity index (χ0v) is 11.8. The highest BCUT2D eigenvalue weighted by Crippen LogP contribution is 2.21. The Hall–Kier alpha value is -1.95. The van der Waals surface area contributed by atoms with Gasteiger partial charge >= 0.3 is 0 Å². The minimum Gasteiger partial charge on any atom is -0.348 e. The monoisotopic (exact) mass is 288 g/mol. The van der Waals surface area contributed by atoms with Gasteiger partial charge in [-0.2, -0.15) is 0 Å². The molecule has 1 amide bonds. The molecule has 1 saturated carbocycles. The number of hydrogen-bond donors (Lipinski definition) is 2. The standard InChI is InChI=1S/C14H16N4OS/c19-13(16-10-5-1-2-6-10)11-9-20-14(17-11)18-12-7-3-4-8-15-12/h3-4,7-10H,1-2,5-6H2,(H,16,19)(H,15,17,18). The van der Waals surface area contributed by atoms with Gasteiger partial charge in [0.05, 0.1) is 0 Å². The Balaban J connectivity index is 1.62. The SMILES string of the molecule is O=C(NC1CCCC1)c1csc(Nc2ccccn2)n1. The summed E-state index contributed by atoms with van der Waals surface area (Å²) in [7, 11) is 0. The van der Waals surface area contributed by atoms with Crippen molar-refractivity contribution in [1.29, 1.82) is 0 Å². The number of anilines is 2. The summed E-state index contributed by atoms with van der Waals surface area (Å²) in [4.78, 5) is 20.5. The van der Waals surface area contributed by atoms with E-state index in [0.29, 0.717) is 16.9 Å². The van der Waals surface area contributed by atoms with Gasteiger partial charge in [-0.05, 0) is 25.0 Å². The Morgan fingerprint density at radius 3 is 2.90 bits per heavy atom. The molecule has 3 rings (SSSR count). The van der Waals surface area contributed by atoms with E-state index in [-0.39, 0.29) is 5.91 Å².